The maximum atomic E-state index is 10.2. The minimum absolute atomic E-state index is 0.270. The van der Waals surface area contributed by atoms with Crippen molar-refractivity contribution in [1.82, 2.24) is 10.2 Å². The summed E-state index contributed by atoms with van der Waals surface area (Å²) in [6, 6.07) is 1.89. The normalized spacial score (nSPS) is 9.83. The van der Waals surface area contributed by atoms with Crippen LogP contribution in [0.2, 0.25) is 0 Å². The first kappa shape index (κ1) is 9.06. The van der Waals surface area contributed by atoms with E-state index in [2.05, 4.69) is 14.9 Å². The highest BCUT2D eigenvalue weighted by Crippen LogP contribution is 1.99. The molecule has 0 amide bonds. The van der Waals surface area contributed by atoms with Crippen LogP contribution in [0.5, 0.6) is 0 Å². The number of aromatic amines is 1. The van der Waals surface area contributed by atoms with Gasteiger partial charge in [0, 0.05) is 23.7 Å². The summed E-state index contributed by atoms with van der Waals surface area (Å²) in [5.74, 6) is 0. The fraction of sp³-hybridized carbons (Fsp3) is 0.429. The number of hydrogen-bond acceptors (Lipinski definition) is 3. The largest absolute Gasteiger partial charge is 0.453 e. The zero-order valence-corrected chi connectivity index (χ0v) is 7.39. The van der Waals surface area contributed by atoms with Crippen LogP contribution in [0.4, 0.5) is 4.79 Å². The number of nitrogens with one attached hydrogen (secondary N) is 1. The van der Waals surface area contributed by atoms with Crippen LogP contribution in [0.3, 0.4) is 0 Å². The molecule has 0 aromatic carbocycles. The van der Waals surface area contributed by atoms with Gasteiger partial charge in [-0.25, -0.2) is 4.79 Å². The molecule has 0 unspecified atom stereocenters. The van der Waals surface area contributed by atoms with Crippen molar-refractivity contribution in [3.63, 3.8) is 0 Å². The fourth-order valence-corrected chi connectivity index (χ4v) is 0.916. The maximum absolute atomic E-state index is 10.2. The molecule has 1 aromatic heterocycles. The number of H-pyrrole nitrogens is 1. The second kappa shape index (κ2) is 4.11. The lowest BCUT2D eigenvalue weighted by atomic mass is 10.3. The number of aromatic nitrogens is 2. The van der Waals surface area contributed by atoms with Gasteiger partial charge in [-0.1, -0.05) is 0 Å². The molecule has 0 saturated heterocycles. The average Bonchev–Trinajstić information content (AvgIpc) is 2.35. The van der Waals surface area contributed by atoms with Gasteiger partial charge in [0.05, 0.1) is 12.3 Å². The van der Waals surface area contributed by atoms with E-state index in [1.807, 2.05) is 13.0 Å². The van der Waals surface area contributed by atoms with E-state index in [1.54, 1.807) is 0 Å². The Bertz CT molecular complexity index is 272. The van der Waals surface area contributed by atoms with Crippen LogP contribution < -0.4 is 0 Å². The van der Waals surface area contributed by atoms with Gasteiger partial charge in [0.25, 0.3) is 0 Å². The first-order valence-corrected chi connectivity index (χ1v) is 3.89. The molecule has 0 radical (unpaired) electrons. The van der Waals surface area contributed by atoms with Crippen LogP contribution in [-0.2, 0) is 11.2 Å². The summed E-state index contributed by atoms with van der Waals surface area (Å²) in [5.41, 5.74) is 1.08. The Balaban J connectivity index is 2.29. The van der Waals surface area contributed by atoms with Gasteiger partial charge in [-0.05, 0) is 13.0 Å². The molecule has 0 saturated carbocycles. The van der Waals surface area contributed by atoms with E-state index in [1.165, 1.54) is 0 Å². The zero-order valence-electron chi connectivity index (χ0n) is 6.63. The number of hydrogen-bond donors (Lipinski definition) is 1. The smallest absolute Gasteiger partial charge is 0.403 e. The Morgan fingerprint density at radius 1 is 1.83 bits per heavy atom. The number of aryl methyl sites for hydroxylation is 1. The predicted octanol–water partition coefficient (Wildman–Crippen LogP) is 1.64. The molecule has 0 aliphatic heterocycles. The van der Waals surface area contributed by atoms with E-state index in [0.29, 0.717) is 6.42 Å². The van der Waals surface area contributed by atoms with Crippen LogP contribution in [0.1, 0.15) is 11.4 Å². The summed E-state index contributed by atoms with van der Waals surface area (Å²) in [4.78, 5) is 10.2. The molecule has 5 heteroatoms. The van der Waals surface area contributed by atoms with Crippen molar-refractivity contribution >= 4 is 17.0 Å². The molecule has 66 valence electrons. The second-order valence-electron chi connectivity index (χ2n) is 2.38. The lowest BCUT2D eigenvalue weighted by Gasteiger charge is -1.95. The average molecular weight is 189 g/mol. The van der Waals surface area contributed by atoms with Crippen LogP contribution in [0.15, 0.2) is 6.07 Å². The maximum Gasteiger partial charge on any atom is 0.403 e. The molecule has 0 aliphatic carbocycles. The summed E-state index contributed by atoms with van der Waals surface area (Å²) in [5, 5.41) is 6.74. The first-order valence-electron chi connectivity index (χ1n) is 3.51. The third-order valence-electron chi connectivity index (χ3n) is 1.33. The quantitative estimate of drug-likeness (QED) is 0.734. The molecule has 12 heavy (non-hydrogen) atoms. The molecule has 4 nitrogen and oxygen atoms in total. The summed E-state index contributed by atoms with van der Waals surface area (Å²) in [6.07, 6.45) is 0.586. The number of carbonyl (C=O) groups is 1. The number of rotatable bonds is 3. The van der Waals surface area contributed by atoms with Crippen LogP contribution >= 0.6 is 11.6 Å². The predicted molar refractivity (Wildman–Crippen MR) is 44.2 cm³/mol. The SMILES string of the molecule is Cc1cc(CCOC(=O)Cl)n[nH]1. The highest BCUT2D eigenvalue weighted by Gasteiger charge is 1.99. The summed E-state index contributed by atoms with van der Waals surface area (Å²) in [7, 11) is 0. The van der Waals surface area contributed by atoms with Gasteiger partial charge in [0.1, 0.15) is 0 Å². The van der Waals surface area contributed by atoms with Crippen molar-refractivity contribution in [3.05, 3.63) is 17.5 Å². The van der Waals surface area contributed by atoms with E-state index >= 15 is 0 Å². The Labute approximate surface area is 74.9 Å². The van der Waals surface area contributed by atoms with E-state index in [-0.39, 0.29) is 6.61 Å². The molecular weight excluding hydrogens is 180 g/mol. The van der Waals surface area contributed by atoms with E-state index < -0.39 is 5.43 Å². The first-order chi connectivity index (χ1) is 5.68. The lowest BCUT2D eigenvalue weighted by molar-refractivity contribution is 0.174. The topological polar surface area (TPSA) is 55.0 Å². The Kier molecular flexibility index (Phi) is 3.10. The third-order valence-corrected chi connectivity index (χ3v) is 1.44. The van der Waals surface area contributed by atoms with Crippen molar-refractivity contribution in [2.75, 3.05) is 6.61 Å². The monoisotopic (exact) mass is 188 g/mol. The summed E-state index contributed by atoms with van der Waals surface area (Å²) >= 11 is 4.96. The molecule has 0 atom stereocenters. The fourth-order valence-electron chi connectivity index (χ4n) is 0.838. The van der Waals surface area contributed by atoms with Crippen molar-refractivity contribution in [2.45, 2.75) is 13.3 Å². The number of carbonyl (C=O) groups excluding carboxylic acids is 1. The molecule has 1 N–H and O–H groups in total. The van der Waals surface area contributed by atoms with Gasteiger partial charge in [0.15, 0.2) is 0 Å². The lowest BCUT2D eigenvalue weighted by Crippen LogP contribution is -2.00. The van der Waals surface area contributed by atoms with Gasteiger partial charge in [-0.3, -0.25) is 5.10 Å². The number of nitrogens with zero attached hydrogens (tertiary/aromatic N) is 1. The van der Waals surface area contributed by atoms with Crippen LogP contribution in [0.25, 0.3) is 0 Å². The Morgan fingerprint density at radius 3 is 3.08 bits per heavy atom. The molecule has 0 spiro atoms. The van der Waals surface area contributed by atoms with Crippen LogP contribution in [-0.4, -0.2) is 22.2 Å². The molecule has 1 heterocycles. The molecule has 1 rings (SSSR count). The van der Waals surface area contributed by atoms with Gasteiger partial charge in [-0.15, -0.1) is 0 Å². The Hall–Kier alpha value is -1.03. The van der Waals surface area contributed by atoms with Gasteiger partial charge in [-0.2, -0.15) is 5.10 Å². The standard InChI is InChI=1S/C7H9ClN2O2/c1-5-4-6(10-9-5)2-3-12-7(8)11/h4H,2-3H2,1H3,(H,9,10). The Morgan fingerprint density at radius 2 is 2.58 bits per heavy atom. The van der Waals surface area contributed by atoms with E-state index in [9.17, 15) is 4.79 Å². The van der Waals surface area contributed by atoms with Gasteiger partial charge < -0.3 is 4.74 Å². The molecular formula is C7H9ClN2O2. The zero-order chi connectivity index (χ0) is 8.97. The van der Waals surface area contributed by atoms with Gasteiger partial charge in [0.2, 0.25) is 0 Å². The second-order valence-corrected chi connectivity index (χ2v) is 2.69. The molecule has 1 aromatic rings. The van der Waals surface area contributed by atoms with Crippen molar-refractivity contribution in [2.24, 2.45) is 0 Å². The highest BCUT2D eigenvalue weighted by molar-refractivity contribution is 6.61. The van der Waals surface area contributed by atoms with E-state index in [0.717, 1.165) is 11.4 Å². The third kappa shape index (κ3) is 2.92. The number of halogens is 1. The molecule has 0 bridgehead atoms. The van der Waals surface area contributed by atoms with Crippen molar-refractivity contribution < 1.29 is 9.53 Å². The van der Waals surface area contributed by atoms with E-state index in [4.69, 9.17) is 11.6 Å². The minimum atomic E-state index is -0.776. The summed E-state index contributed by atoms with van der Waals surface area (Å²) in [6.45, 7) is 2.18. The minimum Gasteiger partial charge on any atom is -0.453 e. The molecule has 0 fully saturated rings. The van der Waals surface area contributed by atoms with Crippen LogP contribution in [0, 0.1) is 6.92 Å². The van der Waals surface area contributed by atoms with Crippen molar-refractivity contribution in [1.29, 1.82) is 0 Å². The van der Waals surface area contributed by atoms with Gasteiger partial charge >= 0.3 is 5.43 Å². The number of ether oxygens (including phenoxy) is 1. The summed E-state index contributed by atoms with van der Waals surface area (Å²) < 4.78 is 4.53. The van der Waals surface area contributed by atoms with Crippen molar-refractivity contribution in [3.8, 4) is 0 Å². The highest BCUT2D eigenvalue weighted by atomic mass is 35.5. The molecule has 0 aliphatic rings.